The number of ketones is 1. The number of hydrogen-bond acceptors (Lipinski definition) is 3. The van der Waals surface area contributed by atoms with Gasteiger partial charge in [-0.15, -0.1) is 0 Å². The molecule has 0 saturated heterocycles. The van der Waals surface area contributed by atoms with Crippen LogP contribution in [0.2, 0.25) is 0 Å². The van der Waals surface area contributed by atoms with Gasteiger partial charge in [0.15, 0.2) is 11.7 Å². The molecule has 1 aliphatic heterocycles. The number of carbonyl (C=O) groups excluding carboxylic acids is 1. The molecule has 3 nitrogen and oxygen atoms in total. The van der Waals surface area contributed by atoms with Crippen molar-refractivity contribution in [3.05, 3.63) is 23.2 Å². The van der Waals surface area contributed by atoms with Crippen LogP contribution in [0.25, 0.3) is 0 Å². The fourth-order valence-corrected chi connectivity index (χ4v) is 1.73. The van der Waals surface area contributed by atoms with Crippen LogP contribution >= 0.6 is 0 Å². The highest BCUT2D eigenvalue weighted by Crippen LogP contribution is 2.30. The molecule has 1 fully saturated rings. The number of halogens is 1. The molecule has 2 rings (SSSR count). The largest absolute Gasteiger partial charge is 0.370 e. The van der Waals surface area contributed by atoms with Gasteiger partial charge in [0.1, 0.15) is 6.23 Å². The van der Waals surface area contributed by atoms with E-state index < -0.39 is 12.2 Å². The van der Waals surface area contributed by atoms with Gasteiger partial charge in [0.05, 0.1) is 5.57 Å². The Hall–Kier alpha value is -1.16. The van der Waals surface area contributed by atoms with Gasteiger partial charge in [-0.25, -0.2) is 0 Å². The smallest absolute Gasteiger partial charge is 0.200 e. The zero-order chi connectivity index (χ0) is 9.42. The Bertz CT molecular complexity index is 320. The van der Waals surface area contributed by atoms with Crippen molar-refractivity contribution in [3.8, 4) is 0 Å². The van der Waals surface area contributed by atoms with Crippen LogP contribution in [0.1, 0.15) is 19.3 Å². The first-order valence-corrected chi connectivity index (χ1v) is 4.27. The summed E-state index contributed by atoms with van der Waals surface area (Å²) in [7, 11) is 0. The van der Waals surface area contributed by atoms with E-state index in [0.717, 1.165) is 6.42 Å². The molecule has 0 amide bonds. The number of fused-ring (bicyclic) bond motifs is 1. The monoisotopic (exact) mass is 183 g/mol. The maximum absolute atomic E-state index is 13.2. The number of hydrogen-bond donors (Lipinski definition) is 2. The highest BCUT2D eigenvalue weighted by atomic mass is 19.1. The third kappa shape index (κ3) is 1.37. The minimum atomic E-state index is -0.996. The van der Waals surface area contributed by atoms with E-state index in [4.69, 9.17) is 5.11 Å². The molecule has 0 aromatic carbocycles. The predicted molar refractivity (Wildman–Crippen MR) is 44.2 cm³/mol. The SMILES string of the molecule is O=C1CCCC2=CC(O)NC(F)=C12. The van der Waals surface area contributed by atoms with Crippen molar-refractivity contribution in [3.63, 3.8) is 0 Å². The maximum atomic E-state index is 13.2. The van der Waals surface area contributed by atoms with Crippen LogP contribution in [0.5, 0.6) is 0 Å². The van der Waals surface area contributed by atoms with Gasteiger partial charge in [0.2, 0.25) is 0 Å². The Morgan fingerprint density at radius 1 is 1.54 bits per heavy atom. The Kier molecular flexibility index (Phi) is 1.92. The summed E-state index contributed by atoms with van der Waals surface area (Å²) in [6.45, 7) is 0. The normalized spacial score (nSPS) is 28.0. The third-order valence-corrected chi connectivity index (χ3v) is 2.30. The van der Waals surface area contributed by atoms with E-state index in [9.17, 15) is 9.18 Å². The first kappa shape index (κ1) is 8.44. The van der Waals surface area contributed by atoms with Crippen LogP contribution in [0.4, 0.5) is 4.39 Å². The van der Waals surface area contributed by atoms with Gasteiger partial charge in [0.25, 0.3) is 0 Å². The Morgan fingerprint density at radius 2 is 2.31 bits per heavy atom. The second-order valence-corrected chi connectivity index (χ2v) is 3.25. The molecule has 13 heavy (non-hydrogen) atoms. The van der Waals surface area contributed by atoms with E-state index in [-0.39, 0.29) is 11.4 Å². The van der Waals surface area contributed by atoms with Gasteiger partial charge < -0.3 is 10.4 Å². The molecular weight excluding hydrogens is 173 g/mol. The number of Topliss-reactive ketones (excluding diaryl/α,β-unsaturated/α-hetero) is 1. The fourth-order valence-electron chi connectivity index (χ4n) is 1.73. The van der Waals surface area contributed by atoms with Gasteiger partial charge >= 0.3 is 0 Å². The lowest BCUT2D eigenvalue weighted by atomic mass is 9.87. The number of aliphatic hydroxyl groups is 1. The zero-order valence-corrected chi connectivity index (χ0v) is 7.01. The summed E-state index contributed by atoms with van der Waals surface area (Å²) in [6, 6.07) is 0. The summed E-state index contributed by atoms with van der Waals surface area (Å²) in [6.07, 6.45) is 2.32. The standard InChI is InChI=1S/C9H10FNO2/c10-9-8-5(4-7(13)11-9)2-1-3-6(8)12/h4,7,11,13H,1-3H2. The number of dihydropyridines is 1. The summed E-state index contributed by atoms with van der Waals surface area (Å²) < 4.78 is 13.2. The minimum Gasteiger partial charge on any atom is -0.370 e. The number of rotatable bonds is 0. The lowest BCUT2D eigenvalue weighted by Crippen LogP contribution is -2.32. The second-order valence-electron chi connectivity index (χ2n) is 3.25. The Morgan fingerprint density at radius 3 is 3.08 bits per heavy atom. The second kappa shape index (κ2) is 2.96. The average molecular weight is 183 g/mol. The summed E-state index contributed by atoms with van der Waals surface area (Å²) in [5.41, 5.74) is 0.775. The lowest BCUT2D eigenvalue weighted by molar-refractivity contribution is -0.116. The van der Waals surface area contributed by atoms with Crippen LogP contribution in [0, 0.1) is 0 Å². The van der Waals surface area contributed by atoms with Gasteiger partial charge in [-0.1, -0.05) is 0 Å². The van der Waals surface area contributed by atoms with Crippen LogP contribution in [0.3, 0.4) is 0 Å². The summed E-state index contributed by atoms with van der Waals surface area (Å²) in [5.74, 6) is -0.857. The lowest BCUT2D eigenvalue weighted by Gasteiger charge is -2.24. The van der Waals surface area contributed by atoms with Gasteiger partial charge in [-0.05, 0) is 24.5 Å². The first-order valence-electron chi connectivity index (χ1n) is 4.27. The molecule has 70 valence electrons. The minimum absolute atomic E-state index is 0.136. The summed E-state index contributed by atoms with van der Waals surface area (Å²) in [4.78, 5) is 11.3. The van der Waals surface area contributed by atoms with Crippen LogP contribution in [0.15, 0.2) is 23.2 Å². The van der Waals surface area contributed by atoms with Crippen molar-refractivity contribution >= 4 is 5.78 Å². The molecule has 2 aliphatic rings. The highest BCUT2D eigenvalue weighted by Gasteiger charge is 2.28. The van der Waals surface area contributed by atoms with Crippen LogP contribution in [-0.4, -0.2) is 17.1 Å². The first-order chi connectivity index (χ1) is 6.18. The van der Waals surface area contributed by atoms with Gasteiger partial charge in [0, 0.05) is 6.42 Å². The van der Waals surface area contributed by atoms with E-state index >= 15 is 0 Å². The van der Waals surface area contributed by atoms with E-state index in [1.807, 2.05) is 0 Å². The topological polar surface area (TPSA) is 49.3 Å². The zero-order valence-electron chi connectivity index (χ0n) is 7.01. The van der Waals surface area contributed by atoms with Crippen molar-refractivity contribution in [1.82, 2.24) is 5.32 Å². The molecule has 0 spiro atoms. The van der Waals surface area contributed by atoms with Crippen LogP contribution in [-0.2, 0) is 4.79 Å². The molecule has 1 aliphatic carbocycles. The molecule has 1 heterocycles. The molecule has 0 aromatic rings. The average Bonchev–Trinajstić information content (AvgIpc) is 2.02. The maximum Gasteiger partial charge on any atom is 0.200 e. The molecule has 1 unspecified atom stereocenters. The van der Waals surface area contributed by atoms with Crippen molar-refractivity contribution in [1.29, 1.82) is 0 Å². The third-order valence-electron chi connectivity index (χ3n) is 2.30. The fraction of sp³-hybridized carbons (Fsp3) is 0.444. The number of carbonyl (C=O) groups is 1. The molecule has 1 saturated carbocycles. The number of allylic oxidation sites excluding steroid dienone is 2. The van der Waals surface area contributed by atoms with Crippen molar-refractivity contribution in [2.24, 2.45) is 0 Å². The van der Waals surface area contributed by atoms with Crippen molar-refractivity contribution in [2.45, 2.75) is 25.5 Å². The van der Waals surface area contributed by atoms with Crippen molar-refractivity contribution in [2.75, 3.05) is 0 Å². The van der Waals surface area contributed by atoms with Gasteiger partial charge in [-0.2, -0.15) is 4.39 Å². The molecule has 2 N–H and O–H groups in total. The van der Waals surface area contributed by atoms with E-state index in [0.29, 0.717) is 18.4 Å². The Labute approximate surface area is 74.9 Å². The summed E-state index contributed by atoms with van der Waals surface area (Å²) >= 11 is 0. The van der Waals surface area contributed by atoms with Crippen LogP contribution < -0.4 is 5.32 Å². The number of aliphatic hydroxyl groups excluding tert-OH is 1. The molecule has 4 heteroatoms. The number of nitrogens with one attached hydrogen (secondary N) is 1. The summed E-state index contributed by atoms with van der Waals surface area (Å²) in [5, 5.41) is 11.3. The highest BCUT2D eigenvalue weighted by molar-refractivity contribution is 6.01. The quantitative estimate of drug-likeness (QED) is 0.545. The molecular formula is C9H10FNO2. The Balaban J connectivity index is 2.41. The van der Waals surface area contributed by atoms with Crippen molar-refractivity contribution < 1.29 is 14.3 Å². The molecule has 1 atom stereocenters. The van der Waals surface area contributed by atoms with E-state index in [1.54, 1.807) is 0 Å². The van der Waals surface area contributed by atoms with E-state index in [1.165, 1.54) is 6.08 Å². The van der Waals surface area contributed by atoms with Gasteiger partial charge in [-0.3, -0.25) is 4.79 Å². The molecule has 0 aromatic heterocycles. The molecule has 0 radical (unpaired) electrons. The van der Waals surface area contributed by atoms with E-state index in [2.05, 4.69) is 5.32 Å². The predicted octanol–water partition coefficient (Wildman–Crippen LogP) is 0.768. The molecule has 0 bridgehead atoms.